The molecule has 1 heterocycles. The van der Waals surface area contributed by atoms with E-state index in [1.807, 2.05) is 25.9 Å². The van der Waals surface area contributed by atoms with Gasteiger partial charge in [-0.15, -0.1) is 0 Å². The van der Waals surface area contributed by atoms with Gasteiger partial charge < -0.3 is 15.1 Å². The Morgan fingerprint density at radius 3 is 1.93 bits per heavy atom. The third-order valence-electron chi connectivity index (χ3n) is 3.90. The maximum atomic E-state index is 11.2. The Morgan fingerprint density at radius 2 is 1.56 bits per heavy atom. The zero-order valence-corrected chi connectivity index (χ0v) is 15.6. The van der Waals surface area contributed by atoms with Crippen LogP contribution in [0.5, 0.6) is 0 Å². The van der Waals surface area contributed by atoms with E-state index in [0.717, 1.165) is 29.2 Å². The Labute approximate surface area is 157 Å². The Kier molecular flexibility index (Phi) is 8.19. The smallest absolute Gasteiger partial charge is 0.335 e. The standard InChI is InChI=1S/C10H13NO4.C9H11NO2/c1-2-3-4-7(10(14)15)11-8(12)5-6-9(11)13;1-10(2)8-5-3-7(4-6-8)9(11)12/h5-7H,2-4H2,1H3,(H,14,15);3-6H,1-2H3,(H,11,12). The fourth-order valence-electron chi connectivity index (χ4n) is 2.38. The van der Waals surface area contributed by atoms with Gasteiger partial charge in [-0.2, -0.15) is 0 Å². The molecule has 0 fully saturated rings. The number of aromatic carboxylic acids is 1. The van der Waals surface area contributed by atoms with E-state index in [4.69, 9.17) is 10.2 Å². The lowest BCUT2D eigenvalue weighted by Gasteiger charge is -2.21. The van der Waals surface area contributed by atoms with E-state index < -0.39 is 29.8 Å². The lowest BCUT2D eigenvalue weighted by Crippen LogP contribution is -2.44. The summed E-state index contributed by atoms with van der Waals surface area (Å²) in [6.07, 6.45) is 4.01. The van der Waals surface area contributed by atoms with Crippen LogP contribution in [0.2, 0.25) is 0 Å². The second-order valence-electron chi connectivity index (χ2n) is 6.12. The minimum atomic E-state index is -1.13. The number of aliphatic carboxylic acids is 1. The highest BCUT2D eigenvalue weighted by atomic mass is 16.4. The van der Waals surface area contributed by atoms with Crippen molar-refractivity contribution in [1.82, 2.24) is 4.90 Å². The van der Waals surface area contributed by atoms with Crippen molar-refractivity contribution in [3.8, 4) is 0 Å². The van der Waals surface area contributed by atoms with E-state index in [9.17, 15) is 19.2 Å². The topological polar surface area (TPSA) is 115 Å². The highest BCUT2D eigenvalue weighted by Gasteiger charge is 2.35. The van der Waals surface area contributed by atoms with Gasteiger partial charge >= 0.3 is 11.9 Å². The lowest BCUT2D eigenvalue weighted by molar-refractivity contribution is -0.153. The molecule has 1 aliphatic rings. The van der Waals surface area contributed by atoms with E-state index >= 15 is 0 Å². The van der Waals surface area contributed by atoms with E-state index in [2.05, 4.69) is 0 Å². The summed E-state index contributed by atoms with van der Waals surface area (Å²) in [5.41, 5.74) is 1.32. The number of imide groups is 1. The minimum absolute atomic E-state index is 0.311. The second kappa shape index (κ2) is 10.1. The number of hydrogen-bond donors (Lipinski definition) is 2. The van der Waals surface area contributed by atoms with E-state index in [-0.39, 0.29) is 0 Å². The Bertz CT molecular complexity index is 706. The Balaban J connectivity index is 0.000000277. The van der Waals surface area contributed by atoms with Gasteiger partial charge in [0.1, 0.15) is 6.04 Å². The largest absolute Gasteiger partial charge is 0.480 e. The van der Waals surface area contributed by atoms with Gasteiger partial charge in [-0.1, -0.05) is 19.8 Å². The van der Waals surface area contributed by atoms with Crippen molar-refractivity contribution in [3.63, 3.8) is 0 Å². The van der Waals surface area contributed by atoms with Gasteiger partial charge in [0.25, 0.3) is 11.8 Å². The van der Waals surface area contributed by atoms with Crippen LogP contribution in [0.4, 0.5) is 5.69 Å². The van der Waals surface area contributed by atoms with Gasteiger partial charge in [0.05, 0.1) is 5.56 Å². The summed E-state index contributed by atoms with van der Waals surface area (Å²) in [6, 6.07) is 5.72. The number of carbonyl (C=O) groups excluding carboxylic acids is 2. The summed E-state index contributed by atoms with van der Waals surface area (Å²) in [7, 11) is 3.82. The zero-order valence-electron chi connectivity index (χ0n) is 15.6. The molecule has 8 nitrogen and oxygen atoms in total. The number of unbranched alkanes of at least 4 members (excludes halogenated alkanes) is 1. The number of anilines is 1. The van der Waals surface area contributed by atoms with Crippen molar-refractivity contribution in [3.05, 3.63) is 42.0 Å². The molecule has 8 heteroatoms. The number of hydrogen-bond acceptors (Lipinski definition) is 5. The fraction of sp³-hybridized carbons (Fsp3) is 0.368. The van der Waals surface area contributed by atoms with Gasteiger partial charge in [0.15, 0.2) is 0 Å². The first kappa shape index (κ1) is 21.9. The number of amides is 2. The summed E-state index contributed by atoms with van der Waals surface area (Å²) < 4.78 is 0. The summed E-state index contributed by atoms with van der Waals surface area (Å²) in [6.45, 7) is 1.92. The van der Waals surface area contributed by atoms with Gasteiger partial charge in [-0.05, 0) is 30.7 Å². The van der Waals surface area contributed by atoms with Crippen LogP contribution in [-0.2, 0) is 14.4 Å². The van der Waals surface area contributed by atoms with Crippen molar-refractivity contribution in [1.29, 1.82) is 0 Å². The quantitative estimate of drug-likeness (QED) is 0.699. The van der Waals surface area contributed by atoms with Crippen LogP contribution >= 0.6 is 0 Å². The number of carbonyl (C=O) groups is 4. The van der Waals surface area contributed by atoms with Crippen molar-refractivity contribution >= 4 is 29.4 Å². The van der Waals surface area contributed by atoms with Gasteiger partial charge in [0.2, 0.25) is 0 Å². The summed E-state index contributed by atoms with van der Waals surface area (Å²) in [5.74, 6) is -3.10. The van der Waals surface area contributed by atoms with Crippen molar-refractivity contribution in [2.24, 2.45) is 0 Å². The molecule has 1 aliphatic heterocycles. The molecule has 1 unspecified atom stereocenters. The number of nitrogens with zero attached hydrogens (tertiary/aromatic N) is 2. The first-order chi connectivity index (χ1) is 12.7. The average molecular weight is 376 g/mol. The molecular formula is C19H24N2O6. The molecule has 2 rings (SSSR count). The van der Waals surface area contributed by atoms with Crippen molar-refractivity contribution < 1.29 is 29.4 Å². The molecule has 0 saturated carbocycles. The van der Waals surface area contributed by atoms with Crippen molar-refractivity contribution in [2.45, 2.75) is 32.2 Å². The predicted molar refractivity (Wildman–Crippen MR) is 99.7 cm³/mol. The van der Waals surface area contributed by atoms with Crippen LogP contribution in [-0.4, -0.2) is 59.0 Å². The molecule has 1 aromatic rings. The summed E-state index contributed by atoms with van der Waals surface area (Å²) >= 11 is 0. The van der Waals surface area contributed by atoms with E-state index in [0.29, 0.717) is 18.4 Å². The maximum Gasteiger partial charge on any atom is 0.335 e. The van der Waals surface area contributed by atoms with Gasteiger partial charge in [-0.25, -0.2) is 9.59 Å². The first-order valence-electron chi connectivity index (χ1n) is 8.47. The second-order valence-corrected chi connectivity index (χ2v) is 6.12. The summed E-state index contributed by atoms with van der Waals surface area (Å²) in [5, 5.41) is 17.5. The highest BCUT2D eigenvalue weighted by molar-refractivity contribution is 6.14. The molecule has 0 radical (unpaired) electrons. The maximum absolute atomic E-state index is 11.2. The molecule has 0 aliphatic carbocycles. The zero-order chi connectivity index (χ0) is 20.6. The van der Waals surface area contributed by atoms with Crippen LogP contribution in [0, 0.1) is 0 Å². The summed E-state index contributed by atoms with van der Waals surface area (Å²) in [4.78, 5) is 46.6. The van der Waals surface area contributed by atoms with Gasteiger partial charge in [-0.3, -0.25) is 14.5 Å². The predicted octanol–water partition coefficient (Wildman–Crippen LogP) is 2.01. The molecule has 0 bridgehead atoms. The van der Waals surface area contributed by atoms with Crippen LogP contribution in [0.3, 0.4) is 0 Å². The third kappa shape index (κ3) is 6.25. The highest BCUT2D eigenvalue weighted by Crippen LogP contribution is 2.15. The Hall–Kier alpha value is -3.16. The molecule has 0 aromatic heterocycles. The SMILES string of the molecule is CCCCC(C(=O)O)N1C(=O)C=CC1=O.CN(C)c1ccc(C(=O)O)cc1. The molecule has 2 N–H and O–H groups in total. The van der Waals surface area contributed by atoms with E-state index in [1.54, 1.807) is 24.3 Å². The number of benzene rings is 1. The number of carboxylic acids is 2. The molecular weight excluding hydrogens is 352 g/mol. The van der Waals surface area contributed by atoms with E-state index in [1.165, 1.54) is 0 Å². The number of rotatable bonds is 7. The van der Waals surface area contributed by atoms with Gasteiger partial charge in [0, 0.05) is 31.9 Å². The first-order valence-corrected chi connectivity index (χ1v) is 8.47. The third-order valence-corrected chi connectivity index (χ3v) is 3.90. The molecule has 146 valence electrons. The molecule has 27 heavy (non-hydrogen) atoms. The fourth-order valence-corrected chi connectivity index (χ4v) is 2.38. The Morgan fingerprint density at radius 1 is 1.04 bits per heavy atom. The number of carboxylic acid groups (broad SMARTS) is 2. The van der Waals surface area contributed by atoms with Crippen LogP contribution in [0.15, 0.2) is 36.4 Å². The molecule has 1 atom stereocenters. The molecule has 0 saturated heterocycles. The molecule has 2 amide bonds. The molecule has 0 spiro atoms. The average Bonchev–Trinajstić information content (AvgIpc) is 2.95. The van der Waals surface area contributed by atoms with Crippen LogP contribution in [0.1, 0.15) is 36.5 Å². The normalized spacial score (nSPS) is 13.8. The van der Waals surface area contributed by atoms with Crippen LogP contribution in [0.25, 0.3) is 0 Å². The molecule has 1 aromatic carbocycles. The van der Waals surface area contributed by atoms with Crippen molar-refractivity contribution in [2.75, 3.05) is 19.0 Å². The monoisotopic (exact) mass is 376 g/mol. The van der Waals surface area contributed by atoms with Crippen LogP contribution < -0.4 is 4.90 Å². The lowest BCUT2D eigenvalue weighted by atomic mass is 10.1. The minimum Gasteiger partial charge on any atom is -0.480 e.